The Labute approximate surface area is 177 Å². The van der Waals surface area contributed by atoms with Gasteiger partial charge in [0.1, 0.15) is 6.61 Å². The van der Waals surface area contributed by atoms with Crippen molar-refractivity contribution in [1.29, 1.82) is 0 Å². The fraction of sp³-hybridized carbons (Fsp3) is 0.136. The molecule has 0 aliphatic heterocycles. The molecule has 2 N–H and O–H groups in total. The third kappa shape index (κ3) is 6.18. The molecule has 0 bridgehead atoms. The van der Waals surface area contributed by atoms with Crippen molar-refractivity contribution in [3.05, 3.63) is 76.8 Å². The molecule has 1 heterocycles. The molecule has 1 aromatic heterocycles. The van der Waals surface area contributed by atoms with Gasteiger partial charge in [0, 0.05) is 11.5 Å². The molecule has 0 unspecified atom stereocenters. The van der Waals surface area contributed by atoms with Crippen LogP contribution in [0, 0.1) is 0 Å². The van der Waals surface area contributed by atoms with Gasteiger partial charge in [-0.15, -0.1) is 11.3 Å². The molecular formula is C22H20N2O5S. The Balaban J connectivity index is 1.60. The average Bonchev–Trinajstić information content (AvgIpc) is 3.17. The maximum atomic E-state index is 12.1. The maximum absolute atomic E-state index is 12.1. The fourth-order valence-corrected chi connectivity index (χ4v) is 3.28. The topological polar surface area (TPSA) is 97.8 Å². The second kappa shape index (κ2) is 10.2. The van der Waals surface area contributed by atoms with Crippen molar-refractivity contribution in [3.8, 4) is 11.5 Å². The Kier molecular flexibility index (Phi) is 7.18. The zero-order valence-corrected chi connectivity index (χ0v) is 17.0. The smallest absolute Gasteiger partial charge is 0.309 e. The van der Waals surface area contributed by atoms with Gasteiger partial charge < -0.3 is 14.6 Å². The van der Waals surface area contributed by atoms with Crippen LogP contribution in [-0.4, -0.2) is 29.1 Å². The van der Waals surface area contributed by atoms with Crippen LogP contribution in [0.5, 0.6) is 11.5 Å². The molecule has 2 aromatic carbocycles. The first-order valence-electron chi connectivity index (χ1n) is 9.03. The lowest BCUT2D eigenvalue weighted by Gasteiger charge is -2.11. The highest BCUT2D eigenvalue weighted by atomic mass is 32.1. The molecule has 3 rings (SSSR count). The third-order valence-electron chi connectivity index (χ3n) is 3.97. The van der Waals surface area contributed by atoms with Crippen LogP contribution in [0.3, 0.4) is 0 Å². The van der Waals surface area contributed by atoms with Crippen molar-refractivity contribution in [2.45, 2.75) is 13.0 Å². The number of hydrogen-bond donors (Lipinski definition) is 2. The number of carboxylic acid groups (broad SMARTS) is 1. The van der Waals surface area contributed by atoms with Crippen LogP contribution in [-0.2, 0) is 22.6 Å². The number of carbonyl (C=O) groups excluding carboxylic acids is 1. The van der Waals surface area contributed by atoms with Crippen LogP contribution in [0.2, 0.25) is 0 Å². The van der Waals surface area contributed by atoms with E-state index in [1.165, 1.54) is 17.4 Å². The number of ether oxygens (including phenoxy) is 2. The molecule has 7 nitrogen and oxygen atoms in total. The molecule has 30 heavy (non-hydrogen) atoms. The number of rotatable bonds is 9. The molecule has 0 atom stereocenters. The van der Waals surface area contributed by atoms with Crippen LogP contribution in [0.4, 0.5) is 5.13 Å². The van der Waals surface area contributed by atoms with Crippen LogP contribution < -0.4 is 14.8 Å². The van der Waals surface area contributed by atoms with Gasteiger partial charge >= 0.3 is 5.97 Å². The number of benzene rings is 2. The van der Waals surface area contributed by atoms with Crippen molar-refractivity contribution >= 4 is 34.4 Å². The number of amides is 1. The predicted molar refractivity (Wildman–Crippen MR) is 115 cm³/mol. The van der Waals surface area contributed by atoms with Crippen LogP contribution >= 0.6 is 11.3 Å². The van der Waals surface area contributed by atoms with Gasteiger partial charge in [-0.3, -0.25) is 14.9 Å². The van der Waals surface area contributed by atoms with Crippen molar-refractivity contribution < 1.29 is 24.2 Å². The number of aromatic nitrogens is 1. The Morgan fingerprint density at radius 3 is 2.70 bits per heavy atom. The third-order valence-corrected chi connectivity index (χ3v) is 4.77. The van der Waals surface area contributed by atoms with E-state index in [0.717, 1.165) is 11.1 Å². The molecular weight excluding hydrogens is 404 g/mol. The average molecular weight is 424 g/mol. The quantitative estimate of drug-likeness (QED) is 0.504. The standard InChI is InChI=1S/C22H20N2O5S/c1-28-19-11-15(7-9-18(19)29-13-16-5-3-2-4-6-16)8-10-20(25)24-22-23-17(14-30-22)12-21(26)27/h2-11,14H,12-13H2,1H3,(H,26,27)(H,23,24,25)/b10-8+. The number of carboxylic acids is 1. The number of thiazole rings is 1. The van der Waals surface area contributed by atoms with Gasteiger partial charge in [-0.2, -0.15) is 0 Å². The van der Waals surface area contributed by atoms with E-state index in [0.29, 0.717) is 28.9 Å². The molecule has 0 spiro atoms. The Morgan fingerprint density at radius 1 is 1.17 bits per heavy atom. The van der Waals surface area contributed by atoms with E-state index in [9.17, 15) is 9.59 Å². The Morgan fingerprint density at radius 2 is 1.97 bits per heavy atom. The van der Waals surface area contributed by atoms with Crippen molar-refractivity contribution in [2.24, 2.45) is 0 Å². The minimum atomic E-state index is -0.969. The van der Waals surface area contributed by atoms with Gasteiger partial charge in [0.2, 0.25) is 5.91 Å². The normalized spacial score (nSPS) is 10.7. The largest absolute Gasteiger partial charge is 0.493 e. The summed E-state index contributed by atoms with van der Waals surface area (Å²) in [6, 6.07) is 15.2. The summed E-state index contributed by atoms with van der Waals surface area (Å²) in [4.78, 5) is 26.9. The molecule has 0 radical (unpaired) electrons. The highest BCUT2D eigenvalue weighted by molar-refractivity contribution is 7.14. The van der Waals surface area contributed by atoms with Gasteiger partial charge in [0.05, 0.1) is 19.2 Å². The SMILES string of the molecule is COc1cc(/C=C/C(=O)Nc2nc(CC(=O)O)cs2)ccc1OCc1ccccc1. The first-order chi connectivity index (χ1) is 14.5. The van der Waals surface area contributed by atoms with Crippen molar-refractivity contribution in [1.82, 2.24) is 4.98 Å². The van der Waals surface area contributed by atoms with E-state index in [4.69, 9.17) is 14.6 Å². The molecule has 0 aliphatic rings. The Hall–Kier alpha value is -3.65. The van der Waals surface area contributed by atoms with E-state index < -0.39 is 5.97 Å². The van der Waals surface area contributed by atoms with E-state index in [1.54, 1.807) is 30.7 Å². The first kappa shape index (κ1) is 21.1. The number of aliphatic carboxylic acids is 1. The molecule has 0 saturated heterocycles. The van der Waals surface area contributed by atoms with Crippen molar-refractivity contribution in [3.63, 3.8) is 0 Å². The fourth-order valence-electron chi connectivity index (χ4n) is 2.56. The van der Waals surface area contributed by atoms with E-state index >= 15 is 0 Å². The van der Waals surface area contributed by atoms with E-state index in [-0.39, 0.29) is 12.3 Å². The zero-order valence-electron chi connectivity index (χ0n) is 16.2. The van der Waals surface area contributed by atoms with Crippen molar-refractivity contribution in [2.75, 3.05) is 12.4 Å². The summed E-state index contributed by atoms with van der Waals surface area (Å²) in [5, 5.41) is 13.3. The maximum Gasteiger partial charge on any atom is 0.309 e. The predicted octanol–water partition coefficient (Wildman–Crippen LogP) is 4.01. The molecule has 154 valence electrons. The summed E-state index contributed by atoms with van der Waals surface area (Å²) >= 11 is 1.18. The summed E-state index contributed by atoms with van der Waals surface area (Å²) in [5.74, 6) is -0.166. The molecule has 1 amide bonds. The lowest BCUT2D eigenvalue weighted by Crippen LogP contribution is -2.08. The van der Waals surface area contributed by atoms with Gasteiger partial charge in [-0.05, 0) is 29.3 Å². The number of carbonyl (C=O) groups is 2. The number of nitrogens with zero attached hydrogens (tertiary/aromatic N) is 1. The first-order valence-corrected chi connectivity index (χ1v) is 9.91. The molecule has 0 saturated carbocycles. The summed E-state index contributed by atoms with van der Waals surface area (Å²) < 4.78 is 11.2. The minimum Gasteiger partial charge on any atom is -0.493 e. The minimum absolute atomic E-state index is 0.180. The molecule has 0 aliphatic carbocycles. The van der Waals surface area contributed by atoms with Gasteiger partial charge in [-0.25, -0.2) is 4.98 Å². The van der Waals surface area contributed by atoms with Crippen LogP contribution in [0.1, 0.15) is 16.8 Å². The number of anilines is 1. The second-order valence-electron chi connectivity index (χ2n) is 6.22. The zero-order chi connectivity index (χ0) is 21.3. The number of hydrogen-bond acceptors (Lipinski definition) is 6. The summed E-state index contributed by atoms with van der Waals surface area (Å²) in [6.45, 7) is 0.423. The second-order valence-corrected chi connectivity index (χ2v) is 7.08. The highest BCUT2D eigenvalue weighted by Crippen LogP contribution is 2.29. The van der Waals surface area contributed by atoms with Gasteiger partial charge in [0.15, 0.2) is 16.6 Å². The summed E-state index contributed by atoms with van der Waals surface area (Å²) in [5.41, 5.74) is 2.22. The number of methoxy groups -OCH3 is 1. The molecule has 8 heteroatoms. The summed E-state index contributed by atoms with van der Waals surface area (Å²) in [6.07, 6.45) is 2.84. The summed E-state index contributed by atoms with van der Waals surface area (Å²) in [7, 11) is 1.56. The van der Waals surface area contributed by atoms with E-state index in [2.05, 4.69) is 10.3 Å². The number of nitrogens with one attached hydrogen (secondary N) is 1. The monoisotopic (exact) mass is 424 g/mol. The molecule has 0 fully saturated rings. The van der Waals surface area contributed by atoms with Gasteiger partial charge in [-0.1, -0.05) is 36.4 Å². The lowest BCUT2D eigenvalue weighted by molar-refractivity contribution is -0.136. The van der Waals surface area contributed by atoms with Gasteiger partial charge in [0.25, 0.3) is 0 Å². The lowest BCUT2D eigenvalue weighted by atomic mass is 10.2. The van der Waals surface area contributed by atoms with Crippen LogP contribution in [0.15, 0.2) is 60.0 Å². The van der Waals surface area contributed by atoms with Crippen LogP contribution in [0.25, 0.3) is 6.08 Å². The highest BCUT2D eigenvalue weighted by Gasteiger charge is 2.08. The Bertz CT molecular complexity index is 1050. The van der Waals surface area contributed by atoms with E-state index in [1.807, 2.05) is 36.4 Å². The molecule has 3 aromatic rings.